The largest absolute Gasteiger partial charge is 0.297 e. The Hall–Kier alpha value is -1.43. The second kappa shape index (κ2) is 3.53. The van der Waals surface area contributed by atoms with Crippen LogP contribution in [0.1, 0.15) is 27.7 Å². The Bertz CT molecular complexity index is 448. The number of hydrogen-bond acceptors (Lipinski definition) is 4. The van der Waals surface area contributed by atoms with Gasteiger partial charge in [0.1, 0.15) is 0 Å². The van der Waals surface area contributed by atoms with E-state index >= 15 is 0 Å². The molecule has 0 radical (unpaired) electrons. The molecule has 1 aliphatic heterocycles. The summed E-state index contributed by atoms with van der Waals surface area (Å²) >= 11 is 0. The van der Waals surface area contributed by atoms with Crippen LogP contribution in [0.25, 0.3) is 0 Å². The average molecular weight is 237 g/mol. The smallest absolute Gasteiger partial charge is 0.248 e. The lowest BCUT2D eigenvalue weighted by molar-refractivity contribution is -0.126. The van der Waals surface area contributed by atoms with Crippen LogP contribution in [0, 0.1) is 0 Å². The van der Waals surface area contributed by atoms with Crippen molar-refractivity contribution < 1.29 is 4.79 Å². The number of rotatable bonds is 1. The quantitative estimate of drug-likeness (QED) is 0.763. The summed E-state index contributed by atoms with van der Waals surface area (Å²) in [6, 6.07) is 0. The SMILES string of the molecule is Cn1ncc(N2CC(C)(C)NC(C)(C)C2=O)n1. The van der Waals surface area contributed by atoms with Gasteiger partial charge in [-0.1, -0.05) is 0 Å². The van der Waals surface area contributed by atoms with Crippen molar-refractivity contribution in [3.63, 3.8) is 0 Å². The van der Waals surface area contributed by atoms with E-state index in [1.165, 1.54) is 4.80 Å². The number of carbonyl (C=O) groups excluding carboxylic acids is 1. The maximum atomic E-state index is 12.3. The molecule has 1 aromatic rings. The Balaban J connectivity index is 2.36. The molecular weight excluding hydrogens is 218 g/mol. The predicted octanol–water partition coefficient (Wildman–Crippen LogP) is 0.309. The molecule has 6 nitrogen and oxygen atoms in total. The van der Waals surface area contributed by atoms with Crippen molar-refractivity contribution in [2.24, 2.45) is 7.05 Å². The normalized spacial score (nSPS) is 22.9. The van der Waals surface area contributed by atoms with E-state index in [4.69, 9.17) is 0 Å². The van der Waals surface area contributed by atoms with Gasteiger partial charge in [-0.25, -0.2) is 0 Å². The molecule has 0 spiro atoms. The van der Waals surface area contributed by atoms with E-state index in [9.17, 15) is 4.79 Å². The first-order valence-corrected chi connectivity index (χ1v) is 5.69. The summed E-state index contributed by atoms with van der Waals surface area (Å²) in [5.74, 6) is 0.637. The number of anilines is 1. The van der Waals surface area contributed by atoms with Crippen molar-refractivity contribution in [2.75, 3.05) is 11.4 Å². The lowest BCUT2D eigenvalue weighted by atomic mass is 9.91. The summed E-state index contributed by atoms with van der Waals surface area (Å²) in [5, 5.41) is 11.6. The Morgan fingerprint density at radius 3 is 2.53 bits per heavy atom. The van der Waals surface area contributed by atoms with Crippen molar-refractivity contribution >= 4 is 11.7 Å². The standard InChI is InChI=1S/C11H19N5O/c1-10(2)7-16(8-6-12-15(5)13-8)9(17)11(3,4)14-10/h6,14H,7H2,1-5H3. The fourth-order valence-corrected chi connectivity index (χ4v) is 2.39. The van der Waals surface area contributed by atoms with Crippen LogP contribution in [0.2, 0.25) is 0 Å². The zero-order valence-electron chi connectivity index (χ0n) is 11.0. The molecule has 94 valence electrons. The molecule has 0 bridgehead atoms. The molecule has 6 heteroatoms. The van der Waals surface area contributed by atoms with E-state index in [1.54, 1.807) is 18.1 Å². The van der Waals surface area contributed by atoms with Crippen LogP contribution in [0.5, 0.6) is 0 Å². The summed E-state index contributed by atoms with van der Waals surface area (Å²) in [4.78, 5) is 15.5. The van der Waals surface area contributed by atoms with E-state index in [-0.39, 0.29) is 11.4 Å². The highest BCUT2D eigenvalue weighted by Crippen LogP contribution is 2.25. The van der Waals surface area contributed by atoms with Crippen LogP contribution in [0.4, 0.5) is 5.82 Å². The van der Waals surface area contributed by atoms with Crippen LogP contribution in [-0.2, 0) is 11.8 Å². The first kappa shape index (κ1) is 12.0. The van der Waals surface area contributed by atoms with E-state index in [2.05, 4.69) is 29.4 Å². The number of carbonyl (C=O) groups is 1. The van der Waals surface area contributed by atoms with Crippen molar-refractivity contribution in [1.82, 2.24) is 20.3 Å². The molecule has 1 fully saturated rings. The van der Waals surface area contributed by atoms with Crippen LogP contribution < -0.4 is 10.2 Å². The highest BCUT2D eigenvalue weighted by molar-refractivity contribution is 6.00. The average Bonchev–Trinajstić information content (AvgIpc) is 2.57. The molecule has 2 heterocycles. The Morgan fingerprint density at radius 2 is 2.00 bits per heavy atom. The zero-order chi connectivity index (χ0) is 12.8. The van der Waals surface area contributed by atoms with E-state index in [1.807, 2.05) is 13.8 Å². The van der Waals surface area contributed by atoms with Gasteiger partial charge in [0, 0.05) is 19.1 Å². The number of aryl methyl sites for hydroxylation is 1. The molecule has 1 amide bonds. The van der Waals surface area contributed by atoms with Gasteiger partial charge in [-0.2, -0.15) is 9.90 Å². The third kappa shape index (κ3) is 2.17. The third-order valence-corrected chi connectivity index (χ3v) is 2.85. The molecule has 1 aliphatic rings. The number of piperazine rings is 1. The molecule has 17 heavy (non-hydrogen) atoms. The fourth-order valence-electron chi connectivity index (χ4n) is 2.39. The van der Waals surface area contributed by atoms with Gasteiger partial charge in [0.05, 0.1) is 11.7 Å². The molecule has 0 unspecified atom stereocenters. The van der Waals surface area contributed by atoms with Crippen LogP contribution >= 0.6 is 0 Å². The van der Waals surface area contributed by atoms with Crippen molar-refractivity contribution in [3.8, 4) is 0 Å². The zero-order valence-corrected chi connectivity index (χ0v) is 11.0. The first-order chi connectivity index (χ1) is 7.71. The summed E-state index contributed by atoms with van der Waals surface area (Å²) in [5.41, 5.74) is -0.728. The van der Waals surface area contributed by atoms with Crippen LogP contribution in [-0.4, -0.2) is 38.5 Å². The van der Waals surface area contributed by atoms with Crippen LogP contribution in [0.3, 0.4) is 0 Å². The minimum absolute atomic E-state index is 0.0253. The molecule has 2 rings (SSSR count). The minimum Gasteiger partial charge on any atom is -0.297 e. The van der Waals surface area contributed by atoms with Crippen molar-refractivity contribution in [3.05, 3.63) is 6.20 Å². The Kier molecular flexibility index (Phi) is 2.50. The first-order valence-electron chi connectivity index (χ1n) is 5.69. The third-order valence-electron chi connectivity index (χ3n) is 2.85. The summed E-state index contributed by atoms with van der Waals surface area (Å²) in [6.07, 6.45) is 1.62. The molecule has 0 saturated carbocycles. The van der Waals surface area contributed by atoms with E-state index < -0.39 is 5.54 Å². The van der Waals surface area contributed by atoms with Gasteiger partial charge in [-0.15, -0.1) is 5.10 Å². The number of aromatic nitrogens is 3. The maximum Gasteiger partial charge on any atom is 0.248 e. The second-order valence-electron chi connectivity index (χ2n) is 5.72. The van der Waals surface area contributed by atoms with Gasteiger partial charge in [0.25, 0.3) is 0 Å². The summed E-state index contributed by atoms with van der Waals surface area (Å²) < 4.78 is 0. The number of amides is 1. The second-order valence-corrected chi connectivity index (χ2v) is 5.72. The number of hydrogen-bond donors (Lipinski definition) is 1. The Labute approximate surface area is 101 Å². The fraction of sp³-hybridized carbons (Fsp3) is 0.727. The van der Waals surface area contributed by atoms with Gasteiger partial charge in [0.2, 0.25) is 5.91 Å². The lowest BCUT2D eigenvalue weighted by Gasteiger charge is -2.46. The summed E-state index contributed by atoms with van der Waals surface area (Å²) in [7, 11) is 1.74. The van der Waals surface area contributed by atoms with E-state index in [0.29, 0.717) is 12.4 Å². The van der Waals surface area contributed by atoms with Gasteiger partial charge in [-0.05, 0) is 27.7 Å². The molecule has 0 atom stereocenters. The molecule has 1 aromatic heterocycles. The van der Waals surface area contributed by atoms with Gasteiger partial charge in [-0.3, -0.25) is 15.0 Å². The number of nitrogens with one attached hydrogen (secondary N) is 1. The number of nitrogens with zero attached hydrogens (tertiary/aromatic N) is 4. The van der Waals surface area contributed by atoms with Crippen LogP contribution in [0.15, 0.2) is 6.20 Å². The summed E-state index contributed by atoms with van der Waals surface area (Å²) in [6.45, 7) is 8.52. The Morgan fingerprint density at radius 1 is 1.35 bits per heavy atom. The lowest BCUT2D eigenvalue weighted by Crippen LogP contribution is -2.70. The van der Waals surface area contributed by atoms with Gasteiger partial charge in [0.15, 0.2) is 5.82 Å². The topological polar surface area (TPSA) is 63.1 Å². The highest BCUT2D eigenvalue weighted by atomic mass is 16.2. The van der Waals surface area contributed by atoms with E-state index in [0.717, 1.165) is 0 Å². The van der Waals surface area contributed by atoms with Gasteiger partial charge >= 0.3 is 0 Å². The minimum atomic E-state index is -0.584. The molecule has 1 saturated heterocycles. The highest BCUT2D eigenvalue weighted by Gasteiger charge is 2.44. The monoisotopic (exact) mass is 237 g/mol. The maximum absolute atomic E-state index is 12.3. The molecule has 1 N–H and O–H groups in total. The molecule has 0 aliphatic carbocycles. The molecule has 0 aromatic carbocycles. The predicted molar refractivity (Wildman–Crippen MR) is 64.6 cm³/mol. The van der Waals surface area contributed by atoms with Gasteiger partial charge < -0.3 is 0 Å². The van der Waals surface area contributed by atoms with Crippen molar-refractivity contribution in [1.29, 1.82) is 0 Å². The van der Waals surface area contributed by atoms with Crippen molar-refractivity contribution in [2.45, 2.75) is 38.8 Å². The molecular formula is C11H19N5O.